The van der Waals surface area contributed by atoms with Gasteiger partial charge in [0, 0.05) is 0 Å². The van der Waals surface area contributed by atoms with Gasteiger partial charge in [0.25, 0.3) is 0 Å². The van der Waals surface area contributed by atoms with Gasteiger partial charge in [-0.05, 0) is 43.9 Å². The summed E-state index contributed by atoms with van der Waals surface area (Å²) >= 11 is 0. The predicted molar refractivity (Wildman–Crippen MR) is 72.1 cm³/mol. The van der Waals surface area contributed by atoms with Crippen molar-refractivity contribution in [2.45, 2.75) is 69.9 Å². The summed E-state index contributed by atoms with van der Waals surface area (Å²) in [6.07, 6.45) is 14.7. The fraction of sp³-hybridized carbons (Fsp3) is 0.867. The van der Waals surface area contributed by atoms with Gasteiger partial charge in [0.05, 0.1) is 0 Å². The lowest BCUT2D eigenvalue weighted by molar-refractivity contribution is 0.195. The summed E-state index contributed by atoms with van der Waals surface area (Å²) in [5, 5.41) is 0. The van der Waals surface area contributed by atoms with Crippen molar-refractivity contribution in [2.75, 3.05) is 0 Å². The Balaban J connectivity index is 1.86. The fourth-order valence-corrected chi connectivity index (χ4v) is 3.69. The Kier molecular flexibility index (Phi) is 5.07. The maximum Gasteiger partial charge on any atom is 0.237 e. The van der Waals surface area contributed by atoms with E-state index in [1.165, 1.54) is 38.5 Å². The molecular weight excluding hydrogens is 240 g/mol. The minimum absolute atomic E-state index is 0.689. The Morgan fingerprint density at radius 1 is 0.842 bits per heavy atom. The van der Waals surface area contributed by atoms with Crippen molar-refractivity contribution in [1.82, 2.24) is 0 Å². The van der Waals surface area contributed by atoms with Gasteiger partial charge >= 0.3 is 0 Å². The molecular formula is C15H22N2O2. The fourth-order valence-electron chi connectivity index (χ4n) is 3.69. The molecule has 2 aliphatic carbocycles. The van der Waals surface area contributed by atoms with E-state index in [1.54, 1.807) is 12.2 Å². The molecule has 0 aromatic carbocycles. The summed E-state index contributed by atoms with van der Waals surface area (Å²) in [5.74, 6) is 1.59. The molecule has 0 saturated heterocycles. The first-order valence-electron chi connectivity index (χ1n) is 7.46. The highest BCUT2D eigenvalue weighted by Gasteiger charge is 2.36. The van der Waals surface area contributed by atoms with Crippen LogP contribution in [0.4, 0.5) is 0 Å². The van der Waals surface area contributed by atoms with E-state index in [9.17, 15) is 9.59 Å². The number of isocyanates is 2. The second-order valence-electron chi connectivity index (χ2n) is 6.07. The van der Waals surface area contributed by atoms with E-state index in [0.29, 0.717) is 18.8 Å². The number of carbonyl (C=O) groups excluding carboxylic acids is 2. The van der Waals surface area contributed by atoms with Crippen LogP contribution in [0.15, 0.2) is 9.98 Å². The van der Waals surface area contributed by atoms with Crippen molar-refractivity contribution >= 4 is 12.2 Å². The molecule has 2 rings (SSSR count). The van der Waals surface area contributed by atoms with Crippen LogP contribution in [0.2, 0.25) is 0 Å². The zero-order valence-electron chi connectivity index (χ0n) is 11.4. The molecule has 0 amide bonds. The topological polar surface area (TPSA) is 58.9 Å². The van der Waals surface area contributed by atoms with Crippen LogP contribution in [0, 0.1) is 11.8 Å². The first kappa shape index (κ1) is 14.2. The van der Waals surface area contributed by atoms with Gasteiger partial charge in [-0.2, -0.15) is 9.98 Å². The maximum absolute atomic E-state index is 10.5. The molecule has 104 valence electrons. The average Bonchev–Trinajstić information content (AvgIpc) is 2.43. The lowest BCUT2D eigenvalue weighted by atomic mass is 9.75. The van der Waals surface area contributed by atoms with E-state index in [1.807, 2.05) is 0 Å². The second kappa shape index (κ2) is 6.79. The first-order chi connectivity index (χ1) is 9.28. The summed E-state index contributed by atoms with van der Waals surface area (Å²) in [5.41, 5.74) is -0.841. The molecule has 0 aromatic rings. The smallest absolute Gasteiger partial charge is 0.211 e. The Bertz CT molecular complexity index is 361. The zero-order valence-corrected chi connectivity index (χ0v) is 11.4. The van der Waals surface area contributed by atoms with Crippen molar-refractivity contribution in [3.63, 3.8) is 0 Å². The SMILES string of the molecule is O=C=NC1(N=C=O)CCC(CC2CCCCC2)CC1. The van der Waals surface area contributed by atoms with Crippen LogP contribution in [0.5, 0.6) is 0 Å². The van der Waals surface area contributed by atoms with Gasteiger partial charge in [0.1, 0.15) is 0 Å². The minimum Gasteiger partial charge on any atom is -0.211 e. The largest absolute Gasteiger partial charge is 0.237 e. The third kappa shape index (κ3) is 3.86. The standard InChI is InChI=1S/C15H22N2O2/c18-11-16-15(17-12-19)8-6-14(7-9-15)10-13-4-2-1-3-5-13/h13-14H,1-10H2. The normalized spacial score (nSPS) is 32.1. The van der Waals surface area contributed by atoms with Gasteiger partial charge in [-0.15, -0.1) is 0 Å². The molecule has 0 radical (unpaired) electrons. The van der Waals surface area contributed by atoms with Gasteiger partial charge in [0.2, 0.25) is 12.2 Å². The summed E-state index contributed by atoms with van der Waals surface area (Å²) < 4.78 is 0. The van der Waals surface area contributed by atoms with Crippen LogP contribution < -0.4 is 0 Å². The van der Waals surface area contributed by atoms with E-state index >= 15 is 0 Å². The predicted octanol–water partition coefficient (Wildman–Crippen LogP) is 3.51. The van der Waals surface area contributed by atoms with Crippen molar-refractivity contribution in [1.29, 1.82) is 0 Å². The highest BCUT2D eigenvalue weighted by molar-refractivity contribution is 5.39. The minimum atomic E-state index is -0.841. The van der Waals surface area contributed by atoms with Crippen LogP contribution in [0.3, 0.4) is 0 Å². The summed E-state index contributed by atoms with van der Waals surface area (Å²) in [4.78, 5) is 28.4. The lowest BCUT2D eigenvalue weighted by Gasteiger charge is -2.34. The van der Waals surface area contributed by atoms with Gasteiger partial charge in [-0.3, -0.25) is 0 Å². The van der Waals surface area contributed by atoms with Crippen LogP contribution in [-0.4, -0.2) is 17.8 Å². The van der Waals surface area contributed by atoms with Crippen molar-refractivity contribution in [2.24, 2.45) is 21.8 Å². The van der Waals surface area contributed by atoms with E-state index < -0.39 is 5.66 Å². The molecule has 0 bridgehead atoms. The van der Waals surface area contributed by atoms with Gasteiger partial charge < -0.3 is 0 Å². The molecule has 2 fully saturated rings. The highest BCUT2D eigenvalue weighted by atomic mass is 16.1. The second-order valence-corrected chi connectivity index (χ2v) is 6.07. The quantitative estimate of drug-likeness (QED) is 0.575. The Morgan fingerprint density at radius 3 is 1.89 bits per heavy atom. The molecule has 0 heterocycles. The molecule has 0 aromatic heterocycles. The van der Waals surface area contributed by atoms with Crippen LogP contribution in [0.25, 0.3) is 0 Å². The molecule has 4 nitrogen and oxygen atoms in total. The number of aliphatic imine (C=N–C) groups is 2. The molecule has 0 atom stereocenters. The first-order valence-corrected chi connectivity index (χ1v) is 7.46. The van der Waals surface area contributed by atoms with Gasteiger partial charge in [-0.25, -0.2) is 9.59 Å². The van der Waals surface area contributed by atoms with Crippen LogP contribution in [-0.2, 0) is 9.59 Å². The summed E-state index contributed by atoms with van der Waals surface area (Å²) in [7, 11) is 0. The Hall–Kier alpha value is -1.24. The zero-order chi connectivity index (χ0) is 13.6. The van der Waals surface area contributed by atoms with Crippen molar-refractivity contribution < 1.29 is 9.59 Å². The highest BCUT2D eigenvalue weighted by Crippen LogP contribution is 2.40. The van der Waals surface area contributed by atoms with Crippen molar-refractivity contribution in [3.05, 3.63) is 0 Å². The molecule has 0 spiro atoms. The number of hydrogen-bond acceptors (Lipinski definition) is 4. The van der Waals surface area contributed by atoms with E-state index in [4.69, 9.17) is 0 Å². The van der Waals surface area contributed by atoms with Gasteiger partial charge in [-0.1, -0.05) is 32.1 Å². The number of rotatable bonds is 4. The Labute approximate surface area is 114 Å². The number of hydrogen-bond donors (Lipinski definition) is 0. The summed E-state index contributed by atoms with van der Waals surface area (Å²) in [6.45, 7) is 0. The van der Waals surface area contributed by atoms with Gasteiger partial charge in [0.15, 0.2) is 5.66 Å². The maximum atomic E-state index is 10.5. The third-order valence-electron chi connectivity index (χ3n) is 4.80. The Morgan fingerprint density at radius 2 is 1.37 bits per heavy atom. The van der Waals surface area contributed by atoms with Crippen molar-refractivity contribution in [3.8, 4) is 0 Å². The molecule has 0 N–H and O–H groups in total. The molecule has 2 aliphatic rings. The van der Waals surface area contributed by atoms with E-state index in [0.717, 1.165) is 18.8 Å². The number of nitrogens with zero attached hydrogens (tertiary/aromatic N) is 2. The molecule has 0 unspecified atom stereocenters. The lowest BCUT2D eigenvalue weighted by Crippen LogP contribution is -2.31. The van der Waals surface area contributed by atoms with Crippen LogP contribution in [0.1, 0.15) is 64.2 Å². The molecule has 4 heteroatoms. The summed E-state index contributed by atoms with van der Waals surface area (Å²) in [6, 6.07) is 0. The van der Waals surface area contributed by atoms with E-state index in [2.05, 4.69) is 9.98 Å². The van der Waals surface area contributed by atoms with E-state index in [-0.39, 0.29) is 0 Å². The molecule has 2 saturated carbocycles. The molecule has 0 aliphatic heterocycles. The monoisotopic (exact) mass is 262 g/mol. The third-order valence-corrected chi connectivity index (χ3v) is 4.80. The molecule has 19 heavy (non-hydrogen) atoms. The average molecular weight is 262 g/mol. The van der Waals surface area contributed by atoms with Crippen LogP contribution >= 0.6 is 0 Å².